The molecular formula is C35H38O7. The normalized spacial score (nSPS) is 17.3. The Morgan fingerprint density at radius 3 is 1.24 bits per heavy atom. The molecule has 4 aromatic rings. The first-order valence-electron chi connectivity index (χ1n) is 14.3. The molecule has 0 saturated carbocycles. The summed E-state index contributed by atoms with van der Waals surface area (Å²) in [5, 5.41) is 9.51. The van der Waals surface area contributed by atoms with Crippen LogP contribution in [0, 0.1) is 0 Å². The van der Waals surface area contributed by atoms with Crippen LogP contribution < -0.4 is 18.9 Å². The Hall–Kier alpha value is -4.04. The molecule has 0 bridgehead atoms. The summed E-state index contributed by atoms with van der Waals surface area (Å²) in [7, 11) is 1.67. The van der Waals surface area contributed by atoms with Gasteiger partial charge in [-0.3, -0.25) is 0 Å². The van der Waals surface area contributed by atoms with E-state index in [1.807, 2.05) is 91.9 Å². The summed E-state index contributed by atoms with van der Waals surface area (Å²) in [6.07, 6.45) is 0.845. The molecule has 220 valence electrons. The second-order valence-corrected chi connectivity index (χ2v) is 10.2. The summed E-state index contributed by atoms with van der Waals surface area (Å²) in [5.41, 5.74) is 4.57. The first-order valence-corrected chi connectivity index (χ1v) is 14.3. The molecule has 7 heteroatoms. The van der Waals surface area contributed by atoms with Gasteiger partial charge in [-0.05, 0) is 77.2 Å². The second kappa shape index (κ2) is 14.7. The Morgan fingerprint density at radius 1 is 0.595 bits per heavy atom. The molecule has 3 unspecified atom stereocenters. The number of aliphatic hydroxyl groups excluding tert-OH is 1. The van der Waals surface area contributed by atoms with Crippen LogP contribution in [0.15, 0.2) is 97.1 Å². The largest absolute Gasteiger partial charge is 0.497 e. The molecule has 4 aromatic carbocycles. The maximum Gasteiger partial charge on any atom is 0.119 e. The van der Waals surface area contributed by atoms with Gasteiger partial charge in [-0.15, -0.1) is 0 Å². The van der Waals surface area contributed by atoms with Gasteiger partial charge in [-0.1, -0.05) is 55.5 Å². The predicted octanol–water partition coefficient (Wildman–Crippen LogP) is 6.42. The van der Waals surface area contributed by atoms with E-state index in [9.17, 15) is 5.11 Å². The van der Waals surface area contributed by atoms with Crippen LogP contribution in [-0.4, -0.2) is 63.6 Å². The lowest BCUT2D eigenvalue weighted by molar-refractivity contribution is 0.104. The molecule has 0 radical (unpaired) electrons. The van der Waals surface area contributed by atoms with Crippen LogP contribution in [0.3, 0.4) is 0 Å². The SMILES string of the molecule is CCC(O)COc1ccc(-c2ccc(OCC3CO3)cc2)cc1.COc1ccc(-c2ccc(OCC3CO3)cc2)cc1. The van der Waals surface area contributed by atoms with Gasteiger partial charge in [0.1, 0.15) is 55.0 Å². The van der Waals surface area contributed by atoms with Crippen molar-refractivity contribution in [3.63, 3.8) is 0 Å². The molecule has 42 heavy (non-hydrogen) atoms. The van der Waals surface area contributed by atoms with E-state index in [2.05, 4.69) is 12.1 Å². The molecule has 2 fully saturated rings. The van der Waals surface area contributed by atoms with Crippen LogP contribution in [0.4, 0.5) is 0 Å². The molecule has 6 rings (SSSR count). The highest BCUT2D eigenvalue weighted by atomic mass is 16.6. The van der Waals surface area contributed by atoms with E-state index in [-0.39, 0.29) is 6.10 Å². The number of methoxy groups -OCH3 is 1. The van der Waals surface area contributed by atoms with E-state index in [0.717, 1.165) is 58.5 Å². The summed E-state index contributed by atoms with van der Waals surface area (Å²) in [4.78, 5) is 0. The minimum absolute atomic E-state index is 0.272. The highest BCUT2D eigenvalue weighted by molar-refractivity contribution is 5.65. The van der Waals surface area contributed by atoms with Crippen molar-refractivity contribution < 1.29 is 33.5 Å². The van der Waals surface area contributed by atoms with Gasteiger partial charge in [0.2, 0.25) is 0 Å². The van der Waals surface area contributed by atoms with E-state index >= 15 is 0 Å². The molecule has 7 nitrogen and oxygen atoms in total. The molecule has 3 atom stereocenters. The minimum atomic E-state index is -0.414. The van der Waals surface area contributed by atoms with Crippen molar-refractivity contribution in [1.82, 2.24) is 0 Å². The molecule has 0 amide bonds. The lowest BCUT2D eigenvalue weighted by Gasteiger charge is -2.11. The van der Waals surface area contributed by atoms with Crippen LogP contribution in [0.2, 0.25) is 0 Å². The van der Waals surface area contributed by atoms with Gasteiger partial charge in [-0.25, -0.2) is 0 Å². The smallest absolute Gasteiger partial charge is 0.119 e. The average molecular weight is 571 g/mol. The van der Waals surface area contributed by atoms with Crippen molar-refractivity contribution in [3.8, 4) is 45.3 Å². The van der Waals surface area contributed by atoms with Crippen LogP contribution in [-0.2, 0) is 9.47 Å². The number of hydrogen-bond acceptors (Lipinski definition) is 7. The Kier molecular flexibility index (Phi) is 10.3. The van der Waals surface area contributed by atoms with E-state index < -0.39 is 6.10 Å². The minimum Gasteiger partial charge on any atom is -0.497 e. The van der Waals surface area contributed by atoms with Gasteiger partial charge < -0.3 is 33.5 Å². The van der Waals surface area contributed by atoms with E-state index in [0.29, 0.717) is 32.3 Å². The number of hydrogen-bond donors (Lipinski definition) is 1. The number of aliphatic hydroxyl groups is 1. The van der Waals surface area contributed by atoms with Crippen molar-refractivity contribution in [2.45, 2.75) is 31.7 Å². The Bertz CT molecular complexity index is 1340. The fourth-order valence-electron chi connectivity index (χ4n) is 4.03. The molecule has 2 aliphatic rings. The summed E-state index contributed by atoms with van der Waals surface area (Å²) in [6, 6.07) is 32.0. The predicted molar refractivity (Wildman–Crippen MR) is 163 cm³/mol. The quantitative estimate of drug-likeness (QED) is 0.186. The molecular weight excluding hydrogens is 532 g/mol. The molecule has 2 aliphatic heterocycles. The van der Waals surface area contributed by atoms with Gasteiger partial charge in [0.25, 0.3) is 0 Å². The van der Waals surface area contributed by atoms with Gasteiger partial charge in [0.15, 0.2) is 0 Å². The monoisotopic (exact) mass is 570 g/mol. The van der Waals surface area contributed by atoms with Crippen LogP contribution in [0.1, 0.15) is 13.3 Å². The lowest BCUT2D eigenvalue weighted by Crippen LogP contribution is -2.15. The summed E-state index contributed by atoms with van der Waals surface area (Å²) < 4.78 is 32.2. The third-order valence-corrected chi connectivity index (χ3v) is 6.91. The van der Waals surface area contributed by atoms with Crippen molar-refractivity contribution >= 4 is 0 Å². The number of ether oxygens (including phenoxy) is 6. The fraction of sp³-hybridized carbons (Fsp3) is 0.314. The zero-order valence-corrected chi connectivity index (χ0v) is 24.1. The highest BCUT2D eigenvalue weighted by Crippen LogP contribution is 2.26. The van der Waals surface area contributed by atoms with Crippen molar-refractivity contribution in [1.29, 1.82) is 0 Å². The van der Waals surface area contributed by atoms with E-state index in [1.54, 1.807) is 7.11 Å². The molecule has 0 aromatic heterocycles. The van der Waals surface area contributed by atoms with Gasteiger partial charge >= 0.3 is 0 Å². The van der Waals surface area contributed by atoms with Crippen LogP contribution >= 0.6 is 0 Å². The average Bonchev–Trinajstić information content (AvgIpc) is 3.99. The molecule has 0 aliphatic carbocycles. The summed E-state index contributed by atoms with van der Waals surface area (Å²) in [5.74, 6) is 3.38. The molecule has 1 N–H and O–H groups in total. The Morgan fingerprint density at radius 2 is 0.929 bits per heavy atom. The van der Waals surface area contributed by atoms with Crippen molar-refractivity contribution in [3.05, 3.63) is 97.1 Å². The maximum atomic E-state index is 9.51. The maximum absolute atomic E-state index is 9.51. The zero-order valence-electron chi connectivity index (χ0n) is 24.1. The van der Waals surface area contributed by atoms with Gasteiger partial charge in [-0.2, -0.15) is 0 Å². The van der Waals surface area contributed by atoms with E-state index in [4.69, 9.17) is 28.4 Å². The number of epoxide rings is 2. The summed E-state index contributed by atoms with van der Waals surface area (Å²) >= 11 is 0. The first-order chi connectivity index (χ1) is 20.6. The van der Waals surface area contributed by atoms with E-state index in [1.165, 1.54) is 0 Å². The molecule has 2 saturated heterocycles. The second-order valence-electron chi connectivity index (χ2n) is 10.2. The van der Waals surface area contributed by atoms with Gasteiger partial charge in [0, 0.05) is 0 Å². The van der Waals surface area contributed by atoms with Crippen molar-refractivity contribution in [2.24, 2.45) is 0 Å². The molecule has 2 heterocycles. The van der Waals surface area contributed by atoms with Gasteiger partial charge in [0.05, 0.1) is 26.4 Å². The van der Waals surface area contributed by atoms with Crippen LogP contribution in [0.25, 0.3) is 22.3 Å². The Labute approximate surface area is 247 Å². The lowest BCUT2D eigenvalue weighted by atomic mass is 10.1. The zero-order chi connectivity index (χ0) is 29.1. The highest BCUT2D eigenvalue weighted by Gasteiger charge is 2.23. The standard InChI is InChI=1S/C19H22O4.C16H16O3/c1-2-16(20)11-21-17-7-3-14(4-8-17)15-5-9-18(10-6-15)22-12-19-13-23-19;1-17-14-6-2-12(3-7-14)13-4-8-15(9-5-13)18-10-16-11-19-16/h3-10,16,19-20H,2,11-13H2,1H3;2-9,16H,10-11H2,1H3. The molecule has 0 spiro atoms. The Balaban J connectivity index is 0.000000171. The fourth-order valence-corrected chi connectivity index (χ4v) is 4.03. The first kappa shape index (κ1) is 29.5. The number of benzene rings is 4. The topological polar surface area (TPSA) is 82.2 Å². The third-order valence-electron chi connectivity index (χ3n) is 6.91. The van der Waals surface area contributed by atoms with Crippen molar-refractivity contribution in [2.75, 3.05) is 40.1 Å². The number of rotatable bonds is 13. The van der Waals surface area contributed by atoms with Crippen LogP contribution in [0.5, 0.6) is 23.0 Å². The summed E-state index contributed by atoms with van der Waals surface area (Å²) in [6.45, 7) is 5.15. The third kappa shape index (κ3) is 9.24.